The minimum atomic E-state index is -0.136. The van der Waals surface area contributed by atoms with Crippen LogP contribution in [0.3, 0.4) is 0 Å². The Kier molecular flexibility index (Phi) is 7.60. The normalized spacial score (nSPS) is 16.4. The van der Waals surface area contributed by atoms with Crippen LogP contribution in [-0.2, 0) is 10.5 Å². The average molecular weight is 493 g/mol. The van der Waals surface area contributed by atoms with Crippen LogP contribution >= 0.6 is 11.8 Å². The number of carbonyl (C=O) groups excluding carboxylic acids is 2. The maximum absolute atomic E-state index is 13.0. The molecule has 35 heavy (non-hydrogen) atoms. The van der Waals surface area contributed by atoms with Crippen molar-refractivity contribution in [2.75, 3.05) is 19.6 Å². The SMILES string of the molecule is CC1CN(C(=O)c2ccc(CSc3ccc(-c4ccccc4)nn3)o2)CCN1C(=O)CC(C)(C)C. The highest BCUT2D eigenvalue weighted by atomic mass is 32.2. The average Bonchev–Trinajstić information content (AvgIpc) is 3.31. The second-order valence-electron chi connectivity index (χ2n) is 10.1. The van der Waals surface area contributed by atoms with Crippen molar-refractivity contribution < 1.29 is 14.0 Å². The quantitative estimate of drug-likeness (QED) is 0.444. The third kappa shape index (κ3) is 6.51. The summed E-state index contributed by atoms with van der Waals surface area (Å²) in [5, 5.41) is 9.40. The molecule has 1 aliphatic heterocycles. The van der Waals surface area contributed by atoms with Crippen LogP contribution in [0.2, 0.25) is 0 Å². The molecule has 1 aromatic carbocycles. The highest BCUT2D eigenvalue weighted by molar-refractivity contribution is 7.98. The van der Waals surface area contributed by atoms with Gasteiger partial charge in [0.25, 0.3) is 5.91 Å². The molecule has 3 aromatic rings. The summed E-state index contributed by atoms with van der Waals surface area (Å²) in [5.41, 5.74) is 1.80. The van der Waals surface area contributed by atoms with Crippen molar-refractivity contribution in [1.29, 1.82) is 0 Å². The lowest BCUT2D eigenvalue weighted by atomic mass is 9.91. The zero-order valence-electron chi connectivity index (χ0n) is 20.7. The summed E-state index contributed by atoms with van der Waals surface area (Å²) in [5.74, 6) is 1.60. The summed E-state index contributed by atoms with van der Waals surface area (Å²) in [6.45, 7) is 9.74. The van der Waals surface area contributed by atoms with Crippen LogP contribution < -0.4 is 0 Å². The molecule has 4 rings (SSSR count). The molecule has 1 atom stereocenters. The number of aromatic nitrogens is 2. The monoisotopic (exact) mass is 492 g/mol. The Morgan fingerprint density at radius 3 is 2.46 bits per heavy atom. The van der Waals surface area contributed by atoms with Gasteiger partial charge >= 0.3 is 0 Å². The first kappa shape index (κ1) is 25.0. The van der Waals surface area contributed by atoms with Gasteiger partial charge in [0, 0.05) is 37.7 Å². The molecule has 1 unspecified atom stereocenters. The van der Waals surface area contributed by atoms with Gasteiger partial charge < -0.3 is 14.2 Å². The first-order valence-electron chi connectivity index (χ1n) is 11.9. The number of hydrogen-bond acceptors (Lipinski definition) is 6. The van der Waals surface area contributed by atoms with Crippen LogP contribution in [0.5, 0.6) is 0 Å². The molecule has 0 aliphatic carbocycles. The zero-order chi connectivity index (χ0) is 25.0. The van der Waals surface area contributed by atoms with Gasteiger partial charge in [0.15, 0.2) is 5.76 Å². The Labute approximate surface area is 210 Å². The summed E-state index contributed by atoms with van der Waals surface area (Å²) in [6, 6.07) is 17.4. The molecule has 2 amide bonds. The van der Waals surface area contributed by atoms with Crippen LogP contribution in [0, 0.1) is 5.41 Å². The number of nitrogens with zero attached hydrogens (tertiary/aromatic N) is 4. The Morgan fingerprint density at radius 1 is 1.03 bits per heavy atom. The molecular weight excluding hydrogens is 460 g/mol. The van der Waals surface area contributed by atoms with Crippen molar-refractivity contribution in [2.24, 2.45) is 5.41 Å². The fraction of sp³-hybridized carbons (Fsp3) is 0.407. The van der Waals surface area contributed by atoms with Crippen molar-refractivity contribution in [2.45, 2.75) is 50.9 Å². The number of hydrogen-bond donors (Lipinski definition) is 0. The molecule has 8 heteroatoms. The van der Waals surface area contributed by atoms with Crippen LogP contribution in [0.1, 0.15) is 50.4 Å². The van der Waals surface area contributed by atoms with E-state index in [1.165, 1.54) is 11.8 Å². The van der Waals surface area contributed by atoms with Crippen molar-refractivity contribution in [3.63, 3.8) is 0 Å². The molecule has 0 saturated carbocycles. The largest absolute Gasteiger partial charge is 0.455 e. The number of benzene rings is 1. The van der Waals surface area contributed by atoms with E-state index in [9.17, 15) is 9.59 Å². The smallest absolute Gasteiger partial charge is 0.289 e. The molecule has 1 saturated heterocycles. The van der Waals surface area contributed by atoms with E-state index in [-0.39, 0.29) is 23.3 Å². The van der Waals surface area contributed by atoms with Gasteiger partial charge in [0.05, 0.1) is 11.4 Å². The summed E-state index contributed by atoms with van der Waals surface area (Å²) < 4.78 is 5.85. The molecule has 0 N–H and O–H groups in total. The standard InChI is InChI=1S/C27H32N4O3S/c1-19-17-30(14-15-31(19)25(32)16-27(2,3)4)26(33)23-12-10-21(34-23)18-35-24-13-11-22(28-29-24)20-8-6-5-7-9-20/h5-13,19H,14-18H2,1-4H3. The summed E-state index contributed by atoms with van der Waals surface area (Å²) in [6.07, 6.45) is 0.504. The molecule has 3 heterocycles. The first-order chi connectivity index (χ1) is 16.7. The van der Waals surface area contributed by atoms with Crippen LogP contribution in [0.15, 0.2) is 64.0 Å². The molecule has 7 nitrogen and oxygen atoms in total. The molecule has 2 aromatic heterocycles. The number of carbonyl (C=O) groups is 2. The molecule has 1 aliphatic rings. The van der Waals surface area contributed by atoms with E-state index < -0.39 is 0 Å². The van der Waals surface area contributed by atoms with Gasteiger partial charge in [-0.3, -0.25) is 9.59 Å². The molecule has 1 fully saturated rings. The molecule has 0 spiro atoms. The Morgan fingerprint density at radius 2 is 1.80 bits per heavy atom. The summed E-state index contributed by atoms with van der Waals surface area (Å²) >= 11 is 1.51. The van der Waals surface area contributed by atoms with Crippen LogP contribution in [0.4, 0.5) is 0 Å². The fourth-order valence-corrected chi connectivity index (χ4v) is 4.81. The molecule has 0 bridgehead atoms. The van der Waals surface area contributed by atoms with Gasteiger partial charge in [-0.2, -0.15) is 0 Å². The second-order valence-corrected chi connectivity index (χ2v) is 11.1. The van der Waals surface area contributed by atoms with Gasteiger partial charge in [-0.1, -0.05) is 62.9 Å². The van der Waals surface area contributed by atoms with Crippen LogP contribution in [-0.4, -0.2) is 57.5 Å². The minimum absolute atomic E-state index is 0.0232. The minimum Gasteiger partial charge on any atom is -0.455 e. The van der Waals surface area contributed by atoms with Crippen molar-refractivity contribution in [3.05, 3.63) is 66.1 Å². The topological polar surface area (TPSA) is 79.5 Å². The lowest BCUT2D eigenvalue weighted by Crippen LogP contribution is -2.55. The van der Waals surface area contributed by atoms with E-state index in [0.717, 1.165) is 16.3 Å². The van der Waals surface area contributed by atoms with E-state index in [1.807, 2.05) is 60.4 Å². The van der Waals surface area contributed by atoms with Gasteiger partial charge in [-0.15, -0.1) is 10.2 Å². The van der Waals surface area contributed by atoms with E-state index in [2.05, 4.69) is 31.0 Å². The predicted molar refractivity (Wildman–Crippen MR) is 137 cm³/mol. The van der Waals surface area contributed by atoms with E-state index in [4.69, 9.17) is 4.42 Å². The summed E-state index contributed by atoms with van der Waals surface area (Å²) in [4.78, 5) is 29.3. The fourth-order valence-electron chi connectivity index (χ4n) is 4.10. The first-order valence-corrected chi connectivity index (χ1v) is 12.9. The highest BCUT2D eigenvalue weighted by Gasteiger charge is 2.32. The maximum atomic E-state index is 13.0. The third-order valence-electron chi connectivity index (χ3n) is 5.86. The Bertz CT molecular complexity index is 1160. The van der Waals surface area contributed by atoms with Crippen LogP contribution in [0.25, 0.3) is 11.3 Å². The maximum Gasteiger partial charge on any atom is 0.289 e. The number of rotatable bonds is 6. The van der Waals surface area contributed by atoms with Gasteiger partial charge in [0.1, 0.15) is 10.8 Å². The van der Waals surface area contributed by atoms with Gasteiger partial charge in [0.2, 0.25) is 5.91 Å². The number of furan rings is 1. The van der Waals surface area contributed by atoms with Crippen molar-refractivity contribution in [1.82, 2.24) is 20.0 Å². The molecular formula is C27H32N4O3S. The molecule has 0 radical (unpaired) electrons. The summed E-state index contributed by atoms with van der Waals surface area (Å²) in [7, 11) is 0. The lowest BCUT2D eigenvalue weighted by molar-refractivity contribution is -0.137. The third-order valence-corrected chi connectivity index (χ3v) is 6.80. The van der Waals surface area contributed by atoms with Gasteiger partial charge in [-0.05, 0) is 36.6 Å². The lowest BCUT2D eigenvalue weighted by Gasteiger charge is -2.40. The highest BCUT2D eigenvalue weighted by Crippen LogP contribution is 2.25. The Hall–Kier alpha value is -3.13. The number of amides is 2. The van der Waals surface area contributed by atoms with Gasteiger partial charge in [-0.25, -0.2) is 0 Å². The Balaban J connectivity index is 1.30. The van der Waals surface area contributed by atoms with Crippen molar-refractivity contribution >= 4 is 23.6 Å². The number of thioether (sulfide) groups is 1. The van der Waals surface area contributed by atoms with E-state index >= 15 is 0 Å². The van der Waals surface area contributed by atoms with Crippen molar-refractivity contribution in [3.8, 4) is 11.3 Å². The number of piperazine rings is 1. The second kappa shape index (κ2) is 10.6. The van der Waals surface area contributed by atoms with E-state index in [0.29, 0.717) is 43.3 Å². The predicted octanol–water partition coefficient (Wildman–Crippen LogP) is 5.14. The molecule has 184 valence electrons. The zero-order valence-corrected chi connectivity index (χ0v) is 21.5. The van der Waals surface area contributed by atoms with E-state index in [1.54, 1.807) is 11.0 Å².